The van der Waals surface area contributed by atoms with Gasteiger partial charge in [0.25, 0.3) is 0 Å². The van der Waals surface area contributed by atoms with Gasteiger partial charge in [0.2, 0.25) is 0 Å². The molecule has 1 aromatic carbocycles. The molecule has 0 saturated heterocycles. The number of rotatable bonds is 4. The standard InChI is InChI=1S/C12H13NO4/c1-2-16-11(14)8-13-12(15)17-9-10-6-4-3-5-7-10/h3-8H,2,9H2,1H3. The van der Waals surface area contributed by atoms with Crippen LogP contribution in [-0.2, 0) is 20.9 Å². The Hall–Kier alpha value is -2.17. The number of hydrogen-bond acceptors (Lipinski definition) is 4. The lowest BCUT2D eigenvalue weighted by Crippen LogP contribution is -2.07. The van der Waals surface area contributed by atoms with E-state index in [1.54, 1.807) is 6.92 Å². The Balaban J connectivity index is 2.33. The molecule has 0 aliphatic rings. The zero-order valence-electron chi connectivity index (χ0n) is 9.46. The lowest BCUT2D eigenvalue weighted by Gasteiger charge is -2.00. The maximum absolute atomic E-state index is 11.1. The number of aliphatic imine (C=N–C) groups is 1. The molecule has 1 amide bonds. The highest BCUT2D eigenvalue weighted by Gasteiger charge is 2.01. The van der Waals surface area contributed by atoms with Gasteiger partial charge in [-0.15, -0.1) is 0 Å². The van der Waals surface area contributed by atoms with Crippen molar-refractivity contribution in [1.82, 2.24) is 0 Å². The molecule has 0 N–H and O–H groups in total. The van der Waals surface area contributed by atoms with Crippen LogP contribution in [-0.4, -0.2) is 24.9 Å². The van der Waals surface area contributed by atoms with E-state index in [1.807, 2.05) is 30.3 Å². The van der Waals surface area contributed by atoms with Crippen LogP contribution in [0.3, 0.4) is 0 Å². The monoisotopic (exact) mass is 235 g/mol. The van der Waals surface area contributed by atoms with E-state index >= 15 is 0 Å². The van der Waals surface area contributed by atoms with Crippen LogP contribution < -0.4 is 0 Å². The van der Waals surface area contributed by atoms with Crippen molar-refractivity contribution in [1.29, 1.82) is 0 Å². The normalized spacial score (nSPS) is 10.2. The minimum Gasteiger partial charge on any atom is -0.462 e. The Morgan fingerprint density at radius 2 is 1.94 bits per heavy atom. The van der Waals surface area contributed by atoms with Crippen LogP contribution >= 0.6 is 0 Å². The van der Waals surface area contributed by atoms with Crippen LogP contribution in [0.2, 0.25) is 0 Å². The molecular weight excluding hydrogens is 222 g/mol. The van der Waals surface area contributed by atoms with Gasteiger partial charge in [0, 0.05) is 0 Å². The van der Waals surface area contributed by atoms with Gasteiger partial charge in [0.15, 0.2) is 0 Å². The first-order valence-corrected chi connectivity index (χ1v) is 5.14. The Labute approximate surface area is 99.1 Å². The van der Waals surface area contributed by atoms with Gasteiger partial charge in [0.1, 0.15) is 12.8 Å². The second-order valence-corrected chi connectivity index (χ2v) is 3.05. The molecule has 17 heavy (non-hydrogen) atoms. The molecule has 0 heterocycles. The van der Waals surface area contributed by atoms with Crippen LogP contribution in [0.4, 0.5) is 4.79 Å². The molecule has 0 aliphatic carbocycles. The summed E-state index contributed by atoms with van der Waals surface area (Å²) in [5.74, 6) is -0.663. The molecule has 0 aliphatic heterocycles. The van der Waals surface area contributed by atoms with Crippen LogP contribution in [0.15, 0.2) is 35.3 Å². The topological polar surface area (TPSA) is 65.0 Å². The molecule has 0 saturated carbocycles. The Morgan fingerprint density at radius 1 is 1.24 bits per heavy atom. The zero-order chi connectivity index (χ0) is 12.5. The summed E-state index contributed by atoms with van der Waals surface area (Å²) in [6.45, 7) is 2.03. The number of carbonyl (C=O) groups excluding carboxylic acids is 2. The van der Waals surface area contributed by atoms with Crippen molar-refractivity contribution >= 4 is 18.3 Å². The first-order chi connectivity index (χ1) is 8.22. The summed E-state index contributed by atoms with van der Waals surface area (Å²) in [6.07, 6.45) is -0.0153. The van der Waals surface area contributed by atoms with E-state index in [0.29, 0.717) is 0 Å². The molecular formula is C12H13NO4. The Kier molecular flexibility index (Phi) is 5.43. The highest BCUT2D eigenvalue weighted by Crippen LogP contribution is 2.01. The molecule has 1 rings (SSSR count). The average Bonchev–Trinajstić information content (AvgIpc) is 2.35. The lowest BCUT2D eigenvalue weighted by atomic mass is 10.2. The molecule has 5 nitrogen and oxygen atoms in total. The molecule has 0 atom stereocenters. The van der Waals surface area contributed by atoms with Crippen LogP contribution in [0.5, 0.6) is 0 Å². The molecule has 0 unspecified atom stereocenters. The fraction of sp³-hybridized carbons (Fsp3) is 0.250. The number of nitrogens with zero attached hydrogens (tertiary/aromatic N) is 1. The van der Waals surface area contributed by atoms with Gasteiger partial charge in [-0.05, 0) is 12.5 Å². The van der Waals surface area contributed by atoms with Gasteiger partial charge in [-0.25, -0.2) is 9.59 Å². The predicted octanol–water partition coefficient (Wildman–Crippen LogP) is 1.96. The molecule has 90 valence electrons. The van der Waals surface area contributed by atoms with Crippen molar-refractivity contribution in [2.75, 3.05) is 6.61 Å². The summed E-state index contributed by atoms with van der Waals surface area (Å²) in [5, 5.41) is 0. The summed E-state index contributed by atoms with van der Waals surface area (Å²) in [7, 11) is 0. The van der Waals surface area contributed by atoms with E-state index in [9.17, 15) is 9.59 Å². The third-order valence-corrected chi connectivity index (χ3v) is 1.77. The fourth-order valence-corrected chi connectivity index (χ4v) is 1.04. The molecule has 0 bridgehead atoms. The lowest BCUT2D eigenvalue weighted by molar-refractivity contribution is -0.134. The second-order valence-electron chi connectivity index (χ2n) is 3.05. The molecule has 0 fully saturated rings. The highest BCUT2D eigenvalue weighted by molar-refractivity contribution is 6.24. The van der Waals surface area contributed by atoms with Crippen molar-refractivity contribution in [3.63, 3.8) is 0 Å². The molecule has 0 spiro atoms. The largest absolute Gasteiger partial charge is 0.462 e. The second kappa shape index (κ2) is 7.16. The van der Waals surface area contributed by atoms with Gasteiger partial charge in [-0.2, -0.15) is 4.99 Å². The van der Waals surface area contributed by atoms with Crippen LogP contribution in [0.25, 0.3) is 0 Å². The molecule has 0 aromatic heterocycles. The van der Waals surface area contributed by atoms with Gasteiger partial charge in [0.05, 0.1) is 6.61 Å². The van der Waals surface area contributed by atoms with Gasteiger partial charge < -0.3 is 9.47 Å². The van der Waals surface area contributed by atoms with E-state index in [2.05, 4.69) is 9.73 Å². The number of esters is 1. The van der Waals surface area contributed by atoms with Gasteiger partial charge in [-0.1, -0.05) is 30.3 Å². The van der Waals surface area contributed by atoms with E-state index in [-0.39, 0.29) is 13.2 Å². The van der Waals surface area contributed by atoms with E-state index in [0.717, 1.165) is 11.8 Å². The average molecular weight is 235 g/mol. The van der Waals surface area contributed by atoms with E-state index < -0.39 is 12.1 Å². The van der Waals surface area contributed by atoms with Crippen molar-refractivity contribution in [2.24, 2.45) is 4.99 Å². The third kappa shape index (κ3) is 5.46. The van der Waals surface area contributed by atoms with Gasteiger partial charge >= 0.3 is 12.1 Å². The smallest absolute Gasteiger partial charge is 0.434 e. The quantitative estimate of drug-likeness (QED) is 0.591. The maximum Gasteiger partial charge on any atom is 0.434 e. The number of hydrogen-bond donors (Lipinski definition) is 0. The number of carbonyl (C=O) groups is 2. The number of amides is 1. The molecule has 1 aromatic rings. The van der Waals surface area contributed by atoms with Crippen molar-refractivity contribution < 1.29 is 19.1 Å². The van der Waals surface area contributed by atoms with Crippen molar-refractivity contribution in [2.45, 2.75) is 13.5 Å². The summed E-state index contributed by atoms with van der Waals surface area (Å²) < 4.78 is 9.37. The summed E-state index contributed by atoms with van der Waals surface area (Å²) >= 11 is 0. The molecule has 5 heteroatoms. The fourth-order valence-electron chi connectivity index (χ4n) is 1.04. The van der Waals surface area contributed by atoms with Crippen molar-refractivity contribution in [3.05, 3.63) is 35.9 Å². The predicted molar refractivity (Wildman–Crippen MR) is 61.8 cm³/mol. The Morgan fingerprint density at radius 3 is 2.59 bits per heavy atom. The summed E-state index contributed by atoms with van der Waals surface area (Å²) in [4.78, 5) is 25.2. The Bertz CT molecular complexity index is 400. The van der Waals surface area contributed by atoms with Gasteiger partial charge in [-0.3, -0.25) is 0 Å². The van der Waals surface area contributed by atoms with Crippen molar-refractivity contribution in [3.8, 4) is 0 Å². The first kappa shape index (κ1) is 12.9. The van der Waals surface area contributed by atoms with Crippen LogP contribution in [0, 0.1) is 0 Å². The SMILES string of the molecule is CCOC(=O)C=NC(=O)OCc1ccccc1. The number of ether oxygens (including phenoxy) is 2. The highest BCUT2D eigenvalue weighted by atomic mass is 16.5. The minimum absolute atomic E-state index is 0.125. The minimum atomic E-state index is -0.818. The third-order valence-electron chi connectivity index (χ3n) is 1.77. The maximum atomic E-state index is 11.1. The summed E-state index contributed by atoms with van der Waals surface area (Å²) in [5.41, 5.74) is 0.854. The van der Waals surface area contributed by atoms with E-state index in [4.69, 9.17) is 4.74 Å². The number of benzene rings is 1. The van der Waals surface area contributed by atoms with E-state index in [1.165, 1.54) is 0 Å². The summed E-state index contributed by atoms with van der Waals surface area (Å²) in [6, 6.07) is 9.19. The zero-order valence-corrected chi connectivity index (χ0v) is 9.46. The first-order valence-electron chi connectivity index (χ1n) is 5.14. The molecule has 0 radical (unpaired) electrons. The van der Waals surface area contributed by atoms with Crippen LogP contribution in [0.1, 0.15) is 12.5 Å².